The molecule has 0 saturated carbocycles. The highest BCUT2D eigenvalue weighted by molar-refractivity contribution is 7.07. The maximum absolute atomic E-state index is 10.5. The Hall–Kier alpha value is -1.49. The number of carboxylic acid groups (broad SMARTS) is 1. The van der Waals surface area contributed by atoms with Crippen molar-refractivity contribution < 1.29 is 9.90 Å². The van der Waals surface area contributed by atoms with E-state index in [0.717, 1.165) is 11.5 Å². The fourth-order valence-electron chi connectivity index (χ4n) is 0.614. The van der Waals surface area contributed by atoms with E-state index >= 15 is 0 Å². The summed E-state index contributed by atoms with van der Waals surface area (Å²) in [5.74, 6) is -1.01. The Morgan fingerprint density at radius 3 is 3.00 bits per heavy atom. The van der Waals surface area contributed by atoms with Gasteiger partial charge in [0.25, 0.3) is 0 Å². The molecule has 0 atom stereocenters. The highest BCUT2D eigenvalue weighted by Gasteiger charge is 2.11. The number of carbonyl (C=O) groups is 1. The van der Waals surface area contributed by atoms with E-state index in [1.165, 1.54) is 0 Å². The summed E-state index contributed by atoms with van der Waals surface area (Å²) in [4.78, 5) is 10.7. The zero-order chi connectivity index (χ0) is 8.97. The number of hydrogen-bond acceptors (Lipinski definition) is 4. The molecule has 0 saturated heterocycles. The van der Waals surface area contributed by atoms with E-state index in [9.17, 15) is 4.79 Å². The van der Waals surface area contributed by atoms with Crippen molar-refractivity contribution in [2.75, 3.05) is 0 Å². The van der Waals surface area contributed by atoms with Crippen molar-refractivity contribution in [3.8, 4) is 0 Å². The average molecular weight is 182 g/mol. The van der Waals surface area contributed by atoms with E-state index in [1.54, 1.807) is 18.2 Å². The summed E-state index contributed by atoms with van der Waals surface area (Å²) in [6, 6.07) is 0. The highest BCUT2D eigenvalue weighted by atomic mass is 32.1. The second-order valence-electron chi connectivity index (χ2n) is 1.89. The van der Waals surface area contributed by atoms with Gasteiger partial charge in [-0.05, 0) is 17.6 Å². The molecule has 1 aromatic heterocycles. The minimum absolute atomic E-state index is 0.146. The van der Waals surface area contributed by atoms with Gasteiger partial charge in [0.2, 0.25) is 0 Å². The van der Waals surface area contributed by atoms with E-state index in [0.29, 0.717) is 5.69 Å². The first-order valence-corrected chi connectivity index (χ1v) is 3.88. The third-order valence-electron chi connectivity index (χ3n) is 1.10. The molecule has 0 unspecified atom stereocenters. The molecule has 0 amide bonds. The topological polar surface area (TPSA) is 63.1 Å². The maximum Gasteiger partial charge on any atom is 0.349 e. The van der Waals surface area contributed by atoms with E-state index in [2.05, 4.69) is 16.2 Å². The molecule has 0 aliphatic rings. The molecule has 1 aromatic rings. The number of aromatic nitrogens is 2. The summed E-state index contributed by atoms with van der Waals surface area (Å²) in [6.45, 7) is 3.46. The van der Waals surface area contributed by atoms with Crippen LogP contribution in [0.25, 0.3) is 6.08 Å². The first kappa shape index (κ1) is 8.61. The molecule has 0 spiro atoms. The molecular weight excluding hydrogens is 176 g/mol. The van der Waals surface area contributed by atoms with Crippen molar-refractivity contribution in [3.05, 3.63) is 29.3 Å². The van der Waals surface area contributed by atoms with Crippen molar-refractivity contribution in [2.24, 2.45) is 0 Å². The minimum atomic E-state index is -1.01. The van der Waals surface area contributed by atoms with Crippen molar-refractivity contribution in [1.29, 1.82) is 0 Å². The van der Waals surface area contributed by atoms with Crippen LogP contribution in [0.5, 0.6) is 0 Å². The third kappa shape index (κ3) is 1.76. The molecule has 0 radical (unpaired) electrons. The molecule has 1 rings (SSSR count). The van der Waals surface area contributed by atoms with Crippen LogP contribution in [-0.2, 0) is 0 Å². The van der Waals surface area contributed by atoms with Crippen LogP contribution in [0.15, 0.2) is 18.7 Å². The normalized spacial score (nSPS) is 10.3. The molecule has 0 aliphatic carbocycles. The number of rotatable bonds is 3. The quantitative estimate of drug-likeness (QED) is 0.718. The van der Waals surface area contributed by atoms with Gasteiger partial charge in [0.05, 0.1) is 0 Å². The molecule has 1 N–H and O–H groups in total. The fraction of sp³-hybridized carbons (Fsp3) is 0. The Balaban J connectivity index is 2.99. The van der Waals surface area contributed by atoms with Crippen LogP contribution >= 0.6 is 11.5 Å². The molecule has 62 valence electrons. The van der Waals surface area contributed by atoms with E-state index in [-0.39, 0.29) is 4.88 Å². The summed E-state index contributed by atoms with van der Waals surface area (Å²) in [6.07, 6.45) is 4.72. The van der Waals surface area contributed by atoms with Gasteiger partial charge in [0.15, 0.2) is 4.88 Å². The van der Waals surface area contributed by atoms with Crippen LogP contribution in [0.2, 0.25) is 0 Å². The standard InChI is InChI=1S/C7H6N2O2S/c1-2-3-4-5-6(7(10)11)12-9-8-5/h2-4H,1H2,(H,10,11)/b4-3-. The van der Waals surface area contributed by atoms with Gasteiger partial charge in [-0.15, -0.1) is 5.10 Å². The fourth-order valence-corrected chi connectivity index (χ4v) is 1.11. The first-order valence-electron chi connectivity index (χ1n) is 3.10. The Kier molecular flexibility index (Phi) is 2.71. The second kappa shape index (κ2) is 3.77. The van der Waals surface area contributed by atoms with E-state index < -0.39 is 5.97 Å². The van der Waals surface area contributed by atoms with Gasteiger partial charge >= 0.3 is 5.97 Å². The van der Waals surface area contributed by atoms with Gasteiger partial charge in [0.1, 0.15) is 5.69 Å². The zero-order valence-corrected chi connectivity index (χ0v) is 6.91. The van der Waals surface area contributed by atoms with Gasteiger partial charge < -0.3 is 5.11 Å². The average Bonchev–Trinajstić information content (AvgIpc) is 2.48. The lowest BCUT2D eigenvalue weighted by Gasteiger charge is -1.85. The number of hydrogen-bond donors (Lipinski definition) is 1. The number of aromatic carboxylic acids is 1. The molecule has 0 fully saturated rings. The zero-order valence-electron chi connectivity index (χ0n) is 6.10. The van der Waals surface area contributed by atoms with Crippen molar-refractivity contribution in [2.45, 2.75) is 0 Å². The van der Waals surface area contributed by atoms with E-state index in [1.807, 2.05) is 0 Å². The SMILES string of the molecule is C=C/C=C\c1nnsc1C(=O)O. The molecule has 5 heteroatoms. The minimum Gasteiger partial charge on any atom is -0.477 e. The maximum atomic E-state index is 10.5. The molecule has 12 heavy (non-hydrogen) atoms. The smallest absolute Gasteiger partial charge is 0.349 e. The molecule has 1 heterocycles. The van der Waals surface area contributed by atoms with Crippen molar-refractivity contribution in [1.82, 2.24) is 9.59 Å². The molecule has 0 aliphatic heterocycles. The lowest BCUT2D eigenvalue weighted by atomic mass is 10.3. The predicted molar refractivity (Wildman–Crippen MR) is 46.1 cm³/mol. The monoisotopic (exact) mass is 182 g/mol. The van der Waals surface area contributed by atoms with E-state index in [4.69, 9.17) is 5.11 Å². The van der Waals surface area contributed by atoms with Crippen LogP contribution < -0.4 is 0 Å². The lowest BCUT2D eigenvalue weighted by molar-refractivity contribution is 0.0701. The van der Waals surface area contributed by atoms with Crippen LogP contribution in [0.4, 0.5) is 0 Å². The van der Waals surface area contributed by atoms with Gasteiger partial charge in [0, 0.05) is 0 Å². The lowest BCUT2D eigenvalue weighted by Crippen LogP contribution is -1.94. The van der Waals surface area contributed by atoms with Crippen molar-refractivity contribution in [3.63, 3.8) is 0 Å². The predicted octanol–water partition coefficient (Wildman–Crippen LogP) is 1.44. The summed E-state index contributed by atoms with van der Waals surface area (Å²) in [5, 5.41) is 12.3. The molecule has 4 nitrogen and oxygen atoms in total. The Morgan fingerprint density at radius 2 is 2.42 bits per heavy atom. The van der Waals surface area contributed by atoms with Gasteiger partial charge in [-0.3, -0.25) is 0 Å². The molecule has 0 bridgehead atoms. The number of allylic oxidation sites excluding steroid dienone is 2. The summed E-state index contributed by atoms with van der Waals surface area (Å²) < 4.78 is 3.52. The summed E-state index contributed by atoms with van der Waals surface area (Å²) >= 11 is 0.862. The number of carboxylic acids is 1. The summed E-state index contributed by atoms with van der Waals surface area (Å²) in [5.41, 5.74) is 0.368. The Bertz CT molecular complexity index is 330. The highest BCUT2D eigenvalue weighted by Crippen LogP contribution is 2.11. The second-order valence-corrected chi connectivity index (χ2v) is 2.64. The Morgan fingerprint density at radius 1 is 1.67 bits per heavy atom. The largest absolute Gasteiger partial charge is 0.477 e. The van der Waals surface area contributed by atoms with Crippen LogP contribution in [0, 0.1) is 0 Å². The van der Waals surface area contributed by atoms with Crippen LogP contribution in [0.3, 0.4) is 0 Å². The molecular formula is C7H6N2O2S. The van der Waals surface area contributed by atoms with Crippen LogP contribution in [0.1, 0.15) is 15.4 Å². The molecule has 0 aromatic carbocycles. The third-order valence-corrected chi connectivity index (χ3v) is 1.83. The van der Waals surface area contributed by atoms with Gasteiger partial charge in [-0.1, -0.05) is 23.2 Å². The van der Waals surface area contributed by atoms with Gasteiger partial charge in [-0.25, -0.2) is 4.79 Å². The summed E-state index contributed by atoms with van der Waals surface area (Å²) in [7, 11) is 0. The van der Waals surface area contributed by atoms with Gasteiger partial charge in [-0.2, -0.15) is 0 Å². The van der Waals surface area contributed by atoms with Crippen molar-refractivity contribution >= 4 is 23.6 Å². The first-order chi connectivity index (χ1) is 5.75. The van der Waals surface area contributed by atoms with Crippen LogP contribution in [-0.4, -0.2) is 20.7 Å². The Labute approximate surface area is 73.0 Å². The number of nitrogens with zero attached hydrogens (tertiary/aromatic N) is 2.